The van der Waals surface area contributed by atoms with E-state index in [0.717, 1.165) is 29.5 Å². The van der Waals surface area contributed by atoms with E-state index in [1.807, 2.05) is 0 Å². The van der Waals surface area contributed by atoms with Gasteiger partial charge in [0.25, 0.3) is 0 Å². The largest absolute Gasteiger partial charge is 0.489 e. The van der Waals surface area contributed by atoms with Crippen LogP contribution in [0.15, 0.2) is 66.7 Å². The Morgan fingerprint density at radius 3 is 2.18 bits per heavy atom. The molecule has 0 saturated carbocycles. The summed E-state index contributed by atoms with van der Waals surface area (Å²) in [5.74, 6) is -0.693. The van der Waals surface area contributed by atoms with Crippen molar-refractivity contribution in [1.29, 1.82) is 0 Å². The van der Waals surface area contributed by atoms with E-state index in [0.29, 0.717) is 6.42 Å². The number of halogens is 4. The Kier molecular flexibility index (Phi) is 5.78. The molecule has 6 heteroatoms. The van der Waals surface area contributed by atoms with Gasteiger partial charge in [-0.05, 0) is 41.0 Å². The molecule has 0 bridgehead atoms. The van der Waals surface area contributed by atoms with Crippen molar-refractivity contribution in [3.63, 3.8) is 0 Å². The van der Waals surface area contributed by atoms with Crippen LogP contribution < -0.4 is 4.74 Å². The normalized spacial score (nSPS) is 11.3. The standard InChI is InChI=1S/C22H16F4O2/c23-21-4-2-1-3-19(21)18-10-9-17(13-20(18)22(24,25)26)28-14-16-7-5-15(6-8-16)11-12-27/h1-10,12-13H,11,14H2. The second-order valence-electron chi connectivity index (χ2n) is 6.16. The van der Waals surface area contributed by atoms with E-state index < -0.39 is 17.6 Å². The molecule has 0 atom stereocenters. The molecule has 0 heterocycles. The van der Waals surface area contributed by atoms with Crippen molar-refractivity contribution >= 4 is 6.29 Å². The number of alkyl halides is 3. The third kappa shape index (κ3) is 4.57. The second kappa shape index (κ2) is 8.25. The number of ether oxygens (including phenoxy) is 1. The van der Waals surface area contributed by atoms with Crippen LogP contribution in [-0.4, -0.2) is 6.29 Å². The van der Waals surface area contributed by atoms with Crippen LogP contribution in [0.5, 0.6) is 5.75 Å². The number of carbonyl (C=O) groups excluding carboxylic acids is 1. The van der Waals surface area contributed by atoms with E-state index >= 15 is 0 Å². The average molecular weight is 388 g/mol. The maximum absolute atomic E-state index is 14.0. The first-order valence-electron chi connectivity index (χ1n) is 8.49. The SMILES string of the molecule is O=CCc1ccc(COc2ccc(-c3ccccc3F)c(C(F)(F)F)c2)cc1. The van der Waals surface area contributed by atoms with Gasteiger partial charge in [-0.15, -0.1) is 0 Å². The molecule has 0 aromatic heterocycles. The molecule has 3 aromatic carbocycles. The number of aldehydes is 1. The van der Waals surface area contributed by atoms with Crippen LogP contribution in [0.2, 0.25) is 0 Å². The average Bonchev–Trinajstić information content (AvgIpc) is 2.67. The number of rotatable bonds is 6. The van der Waals surface area contributed by atoms with Gasteiger partial charge in [-0.1, -0.05) is 42.5 Å². The zero-order chi connectivity index (χ0) is 20.1. The highest BCUT2D eigenvalue weighted by atomic mass is 19.4. The highest BCUT2D eigenvalue weighted by Crippen LogP contribution is 2.40. The molecular weight excluding hydrogens is 372 g/mol. The molecule has 0 spiro atoms. The Morgan fingerprint density at radius 1 is 0.857 bits per heavy atom. The van der Waals surface area contributed by atoms with Gasteiger partial charge in [-0.25, -0.2) is 4.39 Å². The fourth-order valence-corrected chi connectivity index (χ4v) is 2.80. The molecule has 3 aromatic rings. The third-order valence-corrected chi connectivity index (χ3v) is 4.21. The molecule has 0 amide bonds. The molecule has 28 heavy (non-hydrogen) atoms. The van der Waals surface area contributed by atoms with E-state index in [4.69, 9.17) is 4.74 Å². The first-order valence-corrected chi connectivity index (χ1v) is 8.49. The fourth-order valence-electron chi connectivity index (χ4n) is 2.80. The molecule has 0 aliphatic heterocycles. The molecule has 144 valence electrons. The molecular formula is C22H16F4O2. The summed E-state index contributed by atoms with van der Waals surface area (Å²) in [6.07, 6.45) is -3.57. The fraction of sp³-hybridized carbons (Fsp3) is 0.136. The summed E-state index contributed by atoms with van der Waals surface area (Å²) in [7, 11) is 0. The maximum Gasteiger partial charge on any atom is 0.417 e. The monoisotopic (exact) mass is 388 g/mol. The lowest BCUT2D eigenvalue weighted by Crippen LogP contribution is -2.08. The smallest absolute Gasteiger partial charge is 0.417 e. The predicted octanol–water partition coefficient (Wildman–Crippen LogP) is 5.83. The summed E-state index contributed by atoms with van der Waals surface area (Å²) >= 11 is 0. The maximum atomic E-state index is 14.0. The van der Waals surface area contributed by atoms with Crippen molar-refractivity contribution < 1.29 is 27.1 Å². The van der Waals surface area contributed by atoms with Crippen molar-refractivity contribution in [3.05, 3.63) is 89.2 Å². The summed E-state index contributed by atoms with van der Waals surface area (Å²) < 4.78 is 60.0. The summed E-state index contributed by atoms with van der Waals surface area (Å²) in [5, 5.41) is 0. The first-order chi connectivity index (χ1) is 13.4. The molecule has 0 N–H and O–H groups in total. The Balaban J connectivity index is 1.85. The minimum atomic E-state index is -4.66. The highest BCUT2D eigenvalue weighted by Gasteiger charge is 2.34. The van der Waals surface area contributed by atoms with Crippen LogP contribution in [-0.2, 0) is 24.0 Å². The number of benzene rings is 3. The summed E-state index contributed by atoms with van der Waals surface area (Å²) in [6.45, 7) is 0.0672. The minimum absolute atomic E-state index is 0.0318. The van der Waals surface area contributed by atoms with Crippen molar-refractivity contribution in [1.82, 2.24) is 0 Å². The van der Waals surface area contributed by atoms with E-state index in [2.05, 4.69) is 0 Å². The van der Waals surface area contributed by atoms with E-state index in [1.54, 1.807) is 24.3 Å². The van der Waals surface area contributed by atoms with Gasteiger partial charge < -0.3 is 9.53 Å². The van der Waals surface area contributed by atoms with Crippen LogP contribution in [0.1, 0.15) is 16.7 Å². The molecule has 3 rings (SSSR count). The molecule has 0 aliphatic rings. The van der Waals surface area contributed by atoms with Crippen molar-refractivity contribution in [2.45, 2.75) is 19.2 Å². The molecule has 0 fully saturated rings. The zero-order valence-corrected chi connectivity index (χ0v) is 14.7. The van der Waals surface area contributed by atoms with Crippen molar-refractivity contribution in [2.24, 2.45) is 0 Å². The second-order valence-corrected chi connectivity index (χ2v) is 6.16. The summed E-state index contributed by atoms with van der Waals surface area (Å²) in [5.41, 5.74) is 0.272. The first kappa shape index (κ1) is 19.6. The van der Waals surface area contributed by atoms with Crippen molar-refractivity contribution in [2.75, 3.05) is 0 Å². The summed E-state index contributed by atoms with van der Waals surface area (Å²) in [4.78, 5) is 10.5. The van der Waals surface area contributed by atoms with Crippen LogP contribution in [0.4, 0.5) is 17.6 Å². The number of hydrogen-bond acceptors (Lipinski definition) is 2. The van der Waals surface area contributed by atoms with E-state index in [-0.39, 0.29) is 23.5 Å². The van der Waals surface area contributed by atoms with Crippen LogP contribution in [0, 0.1) is 5.82 Å². The summed E-state index contributed by atoms with van der Waals surface area (Å²) in [6, 6.07) is 15.8. The quantitative estimate of drug-likeness (QED) is 0.392. The predicted molar refractivity (Wildman–Crippen MR) is 97.4 cm³/mol. The minimum Gasteiger partial charge on any atom is -0.489 e. The number of hydrogen-bond donors (Lipinski definition) is 0. The Bertz CT molecular complexity index is 963. The zero-order valence-electron chi connectivity index (χ0n) is 14.7. The topological polar surface area (TPSA) is 26.3 Å². The van der Waals surface area contributed by atoms with Crippen LogP contribution in [0.3, 0.4) is 0 Å². The van der Waals surface area contributed by atoms with Gasteiger partial charge in [-0.3, -0.25) is 0 Å². The molecule has 0 radical (unpaired) electrons. The van der Waals surface area contributed by atoms with Crippen molar-refractivity contribution in [3.8, 4) is 16.9 Å². The van der Waals surface area contributed by atoms with E-state index in [1.165, 1.54) is 30.3 Å². The lowest BCUT2D eigenvalue weighted by molar-refractivity contribution is -0.137. The van der Waals surface area contributed by atoms with Crippen LogP contribution >= 0.6 is 0 Å². The van der Waals surface area contributed by atoms with E-state index in [9.17, 15) is 22.4 Å². The number of carbonyl (C=O) groups is 1. The van der Waals surface area contributed by atoms with Gasteiger partial charge in [0, 0.05) is 12.0 Å². The van der Waals surface area contributed by atoms with Gasteiger partial charge in [0.15, 0.2) is 0 Å². The van der Waals surface area contributed by atoms with Gasteiger partial charge >= 0.3 is 6.18 Å². The lowest BCUT2D eigenvalue weighted by Gasteiger charge is -2.16. The molecule has 0 aliphatic carbocycles. The van der Waals surface area contributed by atoms with Gasteiger partial charge in [0.1, 0.15) is 24.5 Å². The Morgan fingerprint density at radius 2 is 1.54 bits per heavy atom. The Hall–Kier alpha value is -3.15. The highest BCUT2D eigenvalue weighted by molar-refractivity contribution is 5.69. The molecule has 0 unspecified atom stereocenters. The van der Waals surface area contributed by atoms with Gasteiger partial charge in [-0.2, -0.15) is 13.2 Å². The van der Waals surface area contributed by atoms with Crippen LogP contribution in [0.25, 0.3) is 11.1 Å². The third-order valence-electron chi connectivity index (χ3n) is 4.21. The lowest BCUT2D eigenvalue weighted by atomic mass is 9.98. The van der Waals surface area contributed by atoms with Gasteiger partial charge in [0.05, 0.1) is 5.56 Å². The Labute approximate surface area is 159 Å². The molecule has 2 nitrogen and oxygen atoms in total. The van der Waals surface area contributed by atoms with Gasteiger partial charge in [0.2, 0.25) is 0 Å². The molecule has 0 saturated heterocycles.